The maximum atomic E-state index is 4.09. The average molecular weight is 233 g/mol. The lowest BCUT2D eigenvalue weighted by Crippen LogP contribution is -2.04. The van der Waals surface area contributed by atoms with Gasteiger partial charge in [0.05, 0.1) is 18.6 Å². The van der Waals surface area contributed by atoms with Crippen molar-refractivity contribution in [3.8, 4) is 0 Å². The van der Waals surface area contributed by atoms with Crippen LogP contribution in [0.2, 0.25) is 0 Å². The van der Waals surface area contributed by atoms with Crippen molar-refractivity contribution >= 4 is 17.4 Å². The molecule has 3 nitrogen and oxygen atoms in total. The standard InChI is InChI=1S/C12H15N3S/c1-15-9-13-7-10(15)8-14-11-5-3-4-6-12(11)16-2/h3-7,9,14H,8H2,1-2H3. The summed E-state index contributed by atoms with van der Waals surface area (Å²) < 4.78 is 2.02. The summed E-state index contributed by atoms with van der Waals surface area (Å²) in [5.74, 6) is 0. The molecule has 0 radical (unpaired) electrons. The highest BCUT2D eigenvalue weighted by atomic mass is 32.2. The number of thioether (sulfide) groups is 1. The molecule has 0 aliphatic rings. The van der Waals surface area contributed by atoms with E-state index in [-0.39, 0.29) is 0 Å². The van der Waals surface area contributed by atoms with E-state index >= 15 is 0 Å². The van der Waals surface area contributed by atoms with Gasteiger partial charge in [0.2, 0.25) is 0 Å². The van der Waals surface area contributed by atoms with Gasteiger partial charge in [-0.2, -0.15) is 0 Å². The second-order valence-electron chi connectivity index (χ2n) is 3.55. The fourth-order valence-corrected chi connectivity index (χ4v) is 2.11. The van der Waals surface area contributed by atoms with Crippen molar-refractivity contribution in [2.75, 3.05) is 11.6 Å². The van der Waals surface area contributed by atoms with Crippen LogP contribution in [0, 0.1) is 0 Å². The van der Waals surface area contributed by atoms with Gasteiger partial charge in [0, 0.05) is 23.8 Å². The molecule has 0 fully saturated rings. The Morgan fingerprint density at radius 3 is 2.88 bits per heavy atom. The van der Waals surface area contributed by atoms with Gasteiger partial charge in [-0.1, -0.05) is 12.1 Å². The van der Waals surface area contributed by atoms with E-state index in [0.717, 1.165) is 6.54 Å². The lowest BCUT2D eigenvalue weighted by Gasteiger charge is -2.10. The maximum absolute atomic E-state index is 4.09. The van der Waals surface area contributed by atoms with Gasteiger partial charge in [-0.15, -0.1) is 11.8 Å². The molecule has 4 heteroatoms. The van der Waals surface area contributed by atoms with Crippen LogP contribution in [0.25, 0.3) is 0 Å². The van der Waals surface area contributed by atoms with Gasteiger partial charge in [0.15, 0.2) is 0 Å². The topological polar surface area (TPSA) is 29.9 Å². The molecule has 0 aliphatic carbocycles. The van der Waals surface area contributed by atoms with Crippen LogP contribution in [0.5, 0.6) is 0 Å². The third-order valence-electron chi connectivity index (χ3n) is 2.48. The monoisotopic (exact) mass is 233 g/mol. The van der Waals surface area contributed by atoms with Crippen molar-refractivity contribution in [2.24, 2.45) is 7.05 Å². The SMILES string of the molecule is CSc1ccccc1NCc1cncn1C. The molecule has 16 heavy (non-hydrogen) atoms. The largest absolute Gasteiger partial charge is 0.379 e. The summed E-state index contributed by atoms with van der Waals surface area (Å²) in [7, 11) is 2.00. The molecular weight excluding hydrogens is 218 g/mol. The summed E-state index contributed by atoms with van der Waals surface area (Å²) in [6, 6.07) is 8.32. The predicted molar refractivity (Wildman–Crippen MR) is 68.8 cm³/mol. The van der Waals surface area contributed by atoms with Gasteiger partial charge in [-0.25, -0.2) is 4.98 Å². The molecule has 0 atom stereocenters. The van der Waals surface area contributed by atoms with E-state index in [1.807, 2.05) is 30.2 Å². The Morgan fingerprint density at radius 1 is 1.38 bits per heavy atom. The molecule has 0 saturated carbocycles. The van der Waals surface area contributed by atoms with Crippen LogP contribution in [0.3, 0.4) is 0 Å². The van der Waals surface area contributed by atoms with Crippen LogP contribution in [0.4, 0.5) is 5.69 Å². The minimum atomic E-state index is 0.800. The van der Waals surface area contributed by atoms with Crippen LogP contribution in [-0.2, 0) is 13.6 Å². The molecule has 0 bridgehead atoms. The van der Waals surface area contributed by atoms with Crippen LogP contribution in [0.15, 0.2) is 41.7 Å². The Bertz CT molecular complexity index is 465. The van der Waals surface area contributed by atoms with Crippen molar-refractivity contribution in [3.05, 3.63) is 42.5 Å². The molecule has 2 aromatic rings. The third-order valence-corrected chi connectivity index (χ3v) is 3.28. The van der Waals surface area contributed by atoms with Crippen LogP contribution in [0.1, 0.15) is 5.69 Å². The summed E-state index contributed by atoms with van der Waals surface area (Å²) >= 11 is 1.75. The van der Waals surface area contributed by atoms with Crippen molar-refractivity contribution in [1.82, 2.24) is 9.55 Å². The van der Waals surface area contributed by atoms with E-state index in [4.69, 9.17) is 0 Å². The maximum Gasteiger partial charge on any atom is 0.0946 e. The number of hydrogen-bond donors (Lipinski definition) is 1. The summed E-state index contributed by atoms with van der Waals surface area (Å²) in [6.07, 6.45) is 5.79. The first-order valence-corrected chi connectivity index (χ1v) is 6.36. The summed E-state index contributed by atoms with van der Waals surface area (Å²) in [6.45, 7) is 0.800. The van der Waals surface area contributed by atoms with E-state index < -0.39 is 0 Å². The molecule has 1 N–H and O–H groups in total. The number of rotatable bonds is 4. The number of imidazole rings is 1. The van der Waals surface area contributed by atoms with Crippen molar-refractivity contribution in [3.63, 3.8) is 0 Å². The average Bonchev–Trinajstić information content (AvgIpc) is 2.72. The number of para-hydroxylation sites is 1. The zero-order valence-electron chi connectivity index (χ0n) is 9.47. The van der Waals surface area contributed by atoms with E-state index in [2.05, 4.69) is 34.8 Å². The molecule has 0 amide bonds. The van der Waals surface area contributed by atoms with Gasteiger partial charge < -0.3 is 9.88 Å². The van der Waals surface area contributed by atoms with Crippen LogP contribution < -0.4 is 5.32 Å². The molecule has 1 aromatic heterocycles. The summed E-state index contributed by atoms with van der Waals surface area (Å²) in [5.41, 5.74) is 2.35. The normalized spacial score (nSPS) is 10.4. The number of aryl methyl sites for hydroxylation is 1. The fraction of sp³-hybridized carbons (Fsp3) is 0.250. The van der Waals surface area contributed by atoms with Gasteiger partial charge in [0.1, 0.15) is 0 Å². The number of nitrogens with one attached hydrogen (secondary N) is 1. The van der Waals surface area contributed by atoms with Gasteiger partial charge in [-0.05, 0) is 18.4 Å². The smallest absolute Gasteiger partial charge is 0.0946 e. The molecule has 0 unspecified atom stereocenters. The quantitative estimate of drug-likeness (QED) is 0.824. The number of hydrogen-bond acceptors (Lipinski definition) is 3. The Labute approximate surface area is 99.9 Å². The van der Waals surface area contributed by atoms with E-state index in [1.165, 1.54) is 16.3 Å². The van der Waals surface area contributed by atoms with Crippen LogP contribution in [-0.4, -0.2) is 15.8 Å². The molecule has 0 saturated heterocycles. The first kappa shape index (κ1) is 11.1. The molecule has 1 heterocycles. The Balaban J connectivity index is 2.07. The Morgan fingerprint density at radius 2 is 2.19 bits per heavy atom. The molecule has 2 rings (SSSR count). The number of anilines is 1. The van der Waals surface area contributed by atoms with Crippen molar-refractivity contribution in [2.45, 2.75) is 11.4 Å². The fourth-order valence-electron chi connectivity index (χ4n) is 1.53. The second-order valence-corrected chi connectivity index (χ2v) is 4.40. The number of aromatic nitrogens is 2. The minimum Gasteiger partial charge on any atom is -0.379 e. The van der Waals surface area contributed by atoms with E-state index in [1.54, 1.807) is 11.8 Å². The zero-order valence-corrected chi connectivity index (χ0v) is 10.3. The van der Waals surface area contributed by atoms with Crippen molar-refractivity contribution < 1.29 is 0 Å². The lowest BCUT2D eigenvalue weighted by atomic mass is 10.3. The van der Waals surface area contributed by atoms with Gasteiger partial charge in [0.25, 0.3) is 0 Å². The summed E-state index contributed by atoms with van der Waals surface area (Å²) in [4.78, 5) is 5.36. The number of nitrogens with zero attached hydrogens (tertiary/aromatic N) is 2. The number of benzene rings is 1. The van der Waals surface area contributed by atoms with Crippen molar-refractivity contribution in [1.29, 1.82) is 0 Å². The first-order valence-electron chi connectivity index (χ1n) is 5.13. The lowest BCUT2D eigenvalue weighted by molar-refractivity contribution is 0.836. The minimum absolute atomic E-state index is 0.800. The van der Waals surface area contributed by atoms with Gasteiger partial charge in [-0.3, -0.25) is 0 Å². The summed E-state index contributed by atoms with van der Waals surface area (Å²) in [5, 5.41) is 3.43. The highest BCUT2D eigenvalue weighted by molar-refractivity contribution is 7.98. The van der Waals surface area contributed by atoms with E-state index in [0.29, 0.717) is 0 Å². The Kier molecular flexibility index (Phi) is 3.51. The Hall–Kier alpha value is -1.42. The molecule has 1 aromatic carbocycles. The molecule has 0 spiro atoms. The third kappa shape index (κ3) is 2.39. The molecular formula is C12H15N3S. The van der Waals surface area contributed by atoms with Crippen LogP contribution >= 0.6 is 11.8 Å². The second kappa shape index (κ2) is 5.07. The molecule has 0 aliphatic heterocycles. The first-order chi connectivity index (χ1) is 7.81. The predicted octanol–water partition coefficient (Wildman–Crippen LogP) is 2.75. The molecule has 84 valence electrons. The van der Waals surface area contributed by atoms with Gasteiger partial charge >= 0.3 is 0 Å². The highest BCUT2D eigenvalue weighted by Gasteiger charge is 2.01. The zero-order chi connectivity index (χ0) is 11.4. The van der Waals surface area contributed by atoms with E-state index in [9.17, 15) is 0 Å². The highest BCUT2D eigenvalue weighted by Crippen LogP contribution is 2.24.